The van der Waals surface area contributed by atoms with E-state index in [4.69, 9.17) is 11.6 Å². The SMILES string of the molecule is CN=C(NCc1cc(Cl)ccc1OC(F)F)NCC(c1cnn(C)c1)N(C)C. The number of aliphatic imine (C=N–C) groups is 1. The summed E-state index contributed by atoms with van der Waals surface area (Å²) in [5.74, 6) is 0.600. The fraction of sp³-hybridized carbons (Fsp3) is 0.444. The maximum atomic E-state index is 12.6. The Morgan fingerprint density at radius 1 is 1.36 bits per heavy atom. The average Bonchev–Trinajstić information content (AvgIpc) is 3.05. The molecule has 0 spiro atoms. The Bertz CT molecular complexity index is 796. The molecular weight excluding hydrogens is 390 g/mol. The van der Waals surface area contributed by atoms with Crippen molar-refractivity contribution in [2.75, 3.05) is 27.7 Å². The van der Waals surface area contributed by atoms with E-state index in [2.05, 4.69) is 30.4 Å². The molecule has 0 bridgehead atoms. The molecule has 1 unspecified atom stereocenters. The van der Waals surface area contributed by atoms with Gasteiger partial charge in [0, 0.05) is 49.5 Å². The zero-order chi connectivity index (χ0) is 20.7. The number of hydrogen-bond acceptors (Lipinski definition) is 4. The normalized spacial score (nSPS) is 13.1. The van der Waals surface area contributed by atoms with E-state index in [9.17, 15) is 8.78 Å². The van der Waals surface area contributed by atoms with Gasteiger partial charge in [0.2, 0.25) is 0 Å². The summed E-state index contributed by atoms with van der Waals surface area (Å²) in [6, 6.07) is 4.59. The quantitative estimate of drug-likeness (QED) is 0.513. The van der Waals surface area contributed by atoms with Gasteiger partial charge in [0.05, 0.1) is 12.2 Å². The molecule has 1 atom stereocenters. The molecule has 2 aromatic rings. The molecule has 0 radical (unpaired) electrons. The van der Waals surface area contributed by atoms with E-state index in [0.29, 0.717) is 23.1 Å². The molecule has 0 saturated carbocycles. The van der Waals surface area contributed by atoms with Crippen LogP contribution in [0.4, 0.5) is 8.78 Å². The van der Waals surface area contributed by atoms with Crippen molar-refractivity contribution in [2.24, 2.45) is 12.0 Å². The van der Waals surface area contributed by atoms with Crippen molar-refractivity contribution >= 4 is 17.6 Å². The third-order valence-corrected chi connectivity index (χ3v) is 4.34. The first-order chi connectivity index (χ1) is 13.3. The van der Waals surface area contributed by atoms with Crippen LogP contribution in [0.5, 0.6) is 5.75 Å². The molecule has 0 saturated heterocycles. The van der Waals surface area contributed by atoms with Crippen LogP contribution in [0, 0.1) is 0 Å². The van der Waals surface area contributed by atoms with Gasteiger partial charge in [0.25, 0.3) is 0 Å². The molecule has 2 rings (SSSR count). The molecule has 7 nitrogen and oxygen atoms in total. The summed E-state index contributed by atoms with van der Waals surface area (Å²) in [4.78, 5) is 6.25. The number of benzene rings is 1. The number of nitrogens with one attached hydrogen (secondary N) is 2. The number of rotatable bonds is 8. The van der Waals surface area contributed by atoms with E-state index >= 15 is 0 Å². The maximum absolute atomic E-state index is 12.6. The number of guanidine groups is 1. The third-order valence-electron chi connectivity index (χ3n) is 4.10. The second kappa shape index (κ2) is 10.2. The first kappa shape index (κ1) is 21.9. The van der Waals surface area contributed by atoms with Crippen LogP contribution in [-0.4, -0.2) is 54.9 Å². The lowest BCUT2D eigenvalue weighted by Gasteiger charge is -2.24. The van der Waals surface area contributed by atoms with Crippen molar-refractivity contribution in [1.29, 1.82) is 0 Å². The van der Waals surface area contributed by atoms with Gasteiger partial charge in [-0.15, -0.1) is 0 Å². The van der Waals surface area contributed by atoms with Gasteiger partial charge < -0.3 is 20.3 Å². The van der Waals surface area contributed by atoms with Gasteiger partial charge in [0.1, 0.15) is 5.75 Å². The second-order valence-electron chi connectivity index (χ2n) is 6.36. The van der Waals surface area contributed by atoms with Gasteiger partial charge in [-0.25, -0.2) is 0 Å². The topological polar surface area (TPSA) is 66.7 Å². The molecule has 0 fully saturated rings. The van der Waals surface area contributed by atoms with Crippen molar-refractivity contribution in [1.82, 2.24) is 25.3 Å². The predicted molar refractivity (Wildman–Crippen MR) is 106 cm³/mol. The van der Waals surface area contributed by atoms with Crippen molar-refractivity contribution in [2.45, 2.75) is 19.2 Å². The molecule has 0 aliphatic rings. The minimum absolute atomic E-state index is 0.0730. The van der Waals surface area contributed by atoms with E-state index in [1.54, 1.807) is 17.8 Å². The Morgan fingerprint density at radius 3 is 2.68 bits per heavy atom. The minimum atomic E-state index is -2.90. The molecule has 28 heavy (non-hydrogen) atoms. The monoisotopic (exact) mass is 414 g/mol. The highest BCUT2D eigenvalue weighted by Gasteiger charge is 2.17. The van der Waals surface area contributed by atoms with Gasteiger partial charge in [-0.05, 0) is 32.3 Å². The standard InChI is InChI=1S/C18H25ClF2N6O/c1-22-18(24-10-15(26(2)3)13-9-25-27(4)11-13)23-8-12-7-14(19)5-6-16(12)28-17(20)21/h5-7,9,11,15,17H,8,10H2,1-4H3,(H2,22,23,24). The lowest BCUT2D eigenvalue weighted by atomic mass is 10.1. The number of alkyl halides is 2. The zero-order valence-electron chi connectivity index (χ0n) is 16.3. The van der Waals surface area contributed by atoms with E-state index in [1.807, 2.05) is 33.5 Å². The lowest BCUT2D eigenvalue weighted by Crippen LogP contribution is -2.41. The second-order valence-corrected chi connectivity index (χ2v) is 6.80. The average molecular weight is 415 g/mol. The highest BCUT2D eigenvalue weighted by Crippen LogP contribution is 2.24. The molecule has 0 aliphatic carbocycles. The summed E-state index contributed by atoms with van der Waals surface area (Å²) in [7, 11) is 7.47. The summed E-state index contributed by atoms with van der Waals surface area (Å²) in [5.41, 5.74) is 1.57. The number of likely N-dealkylation sites (N-methyl/N-ethyl adjacent to an activating group) is 1. The molecule has 0 amide bonds. The van der Waals surface area contributed by atoms with Crippen molar-refractivity contribution in [3.63, 3.8) is 0 Å². The van der Waals surface area contributed by atoms with E-state index < -0.39 is 6.61 Å². The van der Waals surface area contributed by atoms with Gasteiger partial charge >= 0.3 is 6.61 Å². The molecule has 10 heteroatoms. The zero-order valence-corrected chi connectivity index (χ0v) is 17.0. The first-order valence-electron chi connectivity index (χ1n) is 8.63. The van der Waals surface area contributed by atoms with E-state index in [1.165, 1.54) is 12.1 Å². The van der Waals surface area contributed by atoms with Crippen LogP contribution in [0.2, 0.25) is 5.02 Å². The largest absolute Gasteiger partial charge is 0.434 e. The fourth-order valence-corrected chi connectivity index (χ4v) is 2.90. The smallest absolute Gasteiger partial charge is 0.387 e. The van der Waals surface area contributed by atoms with Crippen LogP contribution in [0.15, 0.2) is 35.6 Å². The molecule has 1 heterocycles. The van der Waals surface area contributed by atoms with Crippen LogP contribution in [0.3, 0.4) is 0 Å². The Hall–Kier alpha value is -2.39. The third kappa shape index (κ3) is 6.35. The summed E-state index contributed by atoms with van der Waals surface area (Å²) in [6.45, 7) is -2.10. The van der Waals surface area contributed by atoms with Crippen LogP contribution < -0.4 is 15.4 Å². The highest BCUT2D eigenvalue weighted by molar-refractivity contribution is 6.30. The van der Waals surface area contributed by atoms with Crippen LogP contribution in [-0.2, 0) is 13.6 Å². The van der Waals surface area contributed by atoms with Crippen LogP contribution in [0.1, 0.15) is 17.2 Å². The number of nitrogens with zero attached hydrogens (tertiary/aromatic N) is 4. The molecule has 1 aromatic carbocycles. The van der Waals surface area contributed by atoms with Crippen molar-refractivity contribution < 1.29 is 13.5 Å². The maximum Gasteiger partial charge on any atom is 0.387 e. The highest BCUT2D eigenvalue weighted by atomic mass is 35.5. The summed E-state index contributed by atoms with van der Waals surface area (Å²) in [5, 5.41) is 11.0. The Kier molecular flexibility index (Phi) is 8.01. The Balaban J connectivity index is 2.00. The van der Waals surface area contributed by atoms with Gasteiger partial charge in [-0.3, -0.25) is 9.67 Å². The molecule has 154 valence electrons. The van der Waals surface area contributed by atoms with Crippen molar-refractivity contribution in [3.05, 3.63) is 46.7 Å². The summed E-state index contributed by atoms with van der Waals surface area (Å²) >= 11 is 5.98. The molecule has 2 N–H and O–H groups in total. The molecule has 1 aromatic heterocycles. The van der Waals surface area contributed by atoms with E-state index in [-0.39, 0.29) is 18.3 Å². The minimum Gasteiger partial charge on any atom is -0.434 e. The van der Waals surface area contributed by atoms with Gasteiger partial charge in [0.15, 0.2) is 5.96 Å². The van der Waals surface area contributed by atoms with E-state index in [0.717, 1.165) is 5.56 Å². The summed E-state index contributed by atoms with van der Waals surface area (Å²) in [6.07, 6.45) is 3.78. The Labute approximate surface area is 168 Å². The lowest BCUT2D eigenvalue weighted by molar-refractivity contribution is -0.0504. The number of ether oxygens (including phenoxy) is 1. The van der Waals surface area contributed by atoms with Gasteiger partial charge in [-0.2, -0.15) is 13.9 Å². The number of halogens is 3. The molecule has 0 aliphatic heterocycles. The number of aromatic nitrogens is 2. The van der Waals surface area contributed by atoms with Crippen LogP contribution >= 0.6 is 11.6 Å². The number of aryl methyl sites for hydroxylation is 1. The van der Waals surface area contributed by atoms with Crippen LogP contribution in [0.25, 0.3) is 0 Å². The van der Waals surface area contributed by atoms with Gasteiger partial charge in [-0.1, -0.05) is 11.6 Å². The number of hydrogen-bond donors (Lipinski definition) is 2. The first-order valence-corrected chi connectivity index (χ1v) is 9.00. The Morgan fingerprint density at radius 2 is 2.11 bits per heavy atom. The molecular formula is C18H25ClF2N6O. The summed E-state index contributed by atoms with van der Waals surface area (Å²) < 4.78 is 31.5. The predicted octanol–water partition coefficient (Wildman–Crippen LogP) is 2.64. The fourth-order valence-electron chi connectivity index (χ4n) is 2.70. The van der Waals surface area contributed by atoms with Crippen molar-refractivity contribution in [3.8, 4) is 5.75 Å².